The van der Waals surface area contributed by atoms with Crippen molar-refractivity contribution >= 4 is 28.6 Å². The van der Waals surface area contributed by atoms with Crippen LogP contribution in [0.3, 0.4) is 0 Å². The average molecular weight is 389 g/mol. The molecule has 0 bridgehead atoms. The minimum absolute atomic E-state index is 0.170. The van der Waals surface area contributed by atoms with Crippen molar-refractivity contribution in [2.24, 2.45) is 0 Å². The maximum Gasteiger partial charge on any atom is 0.261 e. The van der Waals surface area contributed by atoms with Gasteiger partial charge in [-0.1, -0.05) is 25.1 Å². The Labute approximate surface area is 169 Å². The SMILES string of the molecule is CCC(C)N1C(=O)c2ccc(C(=O)NCCn3ccc4ccccc43)cc2C1=O. The summed E-state index contributed by atoms with van der Waals surface area (Å²) >= 11 is 0. The first-order valence-electron chi connectivity index (χ1n) is 9.85. The molecule has 3 amide bonds. The highest BCUT2D eigenvalue weighted by atomic mass is 16.2. The third-order valence-corrected chi connectivity index (χ3v) is 5.53. The molecule has 0 radical (unpaired) electrons. The predicted molar refractivity (Wildman–Crippen MR) is 111 cm³/mol. The van der Waals surface area contributed by atoms with Gasteiger partial charge in [0.2, 0.25) is 0 Å². The highest BCUT2D eigenvalue weighted by Crippen LogP contribution is 2.26. The molecule has 2 aromatic carbocycles. The Morgan fingerprint density at radius 2 is 1.79 bits per heavy atom. The molecule has 0 fully saturated rings. The van der Waals surface area contributed by atoms with Crippen LogP contribution >= 0.6 is 0 Å². The fourth-order valence-electron chi connectivity index (χ4n) is 3.71. The van der Waals surface area contributed by atoms with E-state index in [4.69, 9.17) is 0 Å². The molecular weight excluding hydrogens is 366 g/mol. The third-order valence-electron chi connectivity index (χ3n) is 5.53. The molecule has 29 heavy (non-hydrogen) atoms. The minimum Gasteiger partial charge on any atom is -0.350 e. The van der Waals surface area contributed by atoms with Gasteiger partial charge in [-0.25, -0.2) is 0 Å². The highest BCUT2D eigenvalue weighted by Gasteiger charge is 2.38. The number of para-hydroxylation sites is 1. The van der Waals surface area contributed by atoms with Crippen LogP contribution in [0.1, 0.15) is 51.3 Å². The molecular formula is C23H23N3O3. The first-order chi connectivity index (χ1) is 14.0. The van der Waals surface area contributed by atoms with E-state index in [0.717, 1.165) is 10.9 Å². The number of benzene rings is 2. The summed E-state index contributed by atoms with van der Waals surface area (Å²) in [7, 11) is 0. The zero-order chi connectivity index (χ0) is 20.5. The Kier molecular flexibility index (Phi) is 4.92. The van der Waals surface area contributed by atoms with Gasteiger partial charge in [-0.05, 0) is 49.1 Å². The van der Waals surface area contributed by atoms with Crippen LogP contribution in [-0.2, 0) is 6.54 Å². The summed E-state index contributed by atoms with van der Waals surface area (Å²) in [5.74, 6) is -0.870. The number of carbonyl (C=O) groups is 3. The summed E-state index contributed by atoms with van der Waals surface area (Å²) in [6.45, 7) is 4.88. The zero-order valence-corrected chi connectivity index (χ0v) is 16.5. The number of fused-ring (bicyclic) bond motifs is 2. The van der Waals surface area contributed by atoms with Crippen molar-refractivity contribution < 1.29 is 14.4 Å². The summed E-state index contributed by atoms with van der Waals surface area (Å²) in [6.07, 6.45) is 2.69. The van der Waals surface area contributed by atoms with Gasteiger partial charge in [0.1, 0.15) is 0 Å². The molecule has 0 aliphatic carbocycles. The smallest absolute Gasteiger partial charge is 0.261 e. The van der Waals surface area contributed by atoms with Gasteiger partial charge >= 0.3 is 0 Å². The normalized spacial score (nSPS) is 14.3. The van der Waals surface area contributed by atoms with Crippen LogP contribution in [0.25, 0.3) is 10.9 Å². The van der Waals surface area contributed by atoms with Gasteiger partial charge in [0.25, 0.3) is 17.7 Å². The van der Waals surface area contributed by atoms with Gasteiger partial charge in [-0.3, -0.25) is 19.3 Å². The molecule has 1 atom stereocenters. The number of rotatable bonds is 6. The number of hydrogen-bond acceptors (Lipinski definition) is 3. The number of nitrogens with zero attached hydrogens (tertiary/aromatic N) is 2. The molecule has 1 aliphatic rings. The lowest BCUT2D eigenvalue weighted by Crippen LogP contribution is -2.37. The first kappa shape index (κ1) is 18.9. The second-order valence-corrected chi connectivity index (χ2v) is 7.32. The van der Waals surface area contributed by atoms with Gasteiger partial charge in [-0.2, -0.15) is 0 Å². The van der Waals surface area contributed by atoms with Gasteiger partial charge in [-0.15, -0.1) is 0 Å². The monoisotopic (exact) mass is 389 g/mol. The number of hydrogen-bond donors (Lipinski definition) is 1. The van der Waals surface area contributed by atoms with Crippen LogP contribution in [0.4, 0.5) is 0 Å². The number of nitrogens with one attached hydrogen (secondary N) is 1. The van der Waals surface area contributed by atoms with E-state index in [1.807, 2.05) is 44.3 Å². The molecule has 1 aromatic heterocycles. The van der Waals surface area contributed by atoms with Gasteiger partial charge < -0.3 is 9.88 Å². The summed E-state index contributed by atoms with van der Waals surface area (Å²) in [4.78, 5) is 39.0. The molecule has 6 heteroatoms. The lowest BCUT2D eigenvalue weighted by molar-refractivity contribution is 0.0593. The predicted octanol–water partition coefficient (Wildman–Crippen LogP) is 3.47. The van der Waals surface area contributed by atoms with Crippen molar-refractivity contribution in [1.29, 1.82) is 0 Å². The van der Waals surface area contributed by atoms with Crippen LogP contribution in [0.15, 0.2) is 54.7 Å². The maximum absolute atomic E-state index is 12.6. The molecule has 1 unspecified atom stereocenters. The number of imide groups is 1. The van der Waals surface area contributed by atoms with E-state index in [1.165, 1.54) is 11.0 Å². The van der Waals surface area contributed by atoms with Crippen molar-refractivity contribution in [1.82, 2.24) is 14.8 Å². The molecule has 1 N–H and O–H groups in total. The third kappa shape index (κ3) is 3.31. The molecule has 3 aromatic rings. The fourth-order valence-corrected chi connectivity index (χ4v) is 3.71. The van der Waals surface area contributed by atoms with E-state index in [-0.39, 0.29) is 23.8 Å². The van der Waals surface area contributed by atoms with Gasteiger partial charge in [0.05, 0.1) is 11.1 Å². The van der Waals surface area contributed by atoms with Crippen molar-refractivity contribution in [3.63, 3.8) is 0 Å². The highest BCUT2D eigenvalue weighted by molar-refractivity contribution is 6.22. The summed E-state index contributed by atoms with van der Waals surface area (Å²) in [5, 5.41) is 4.05. The summed E-state index contributed by atoms with van der Waals surface area (Å²) < 4.78 is 2.09. The topological polar surface area (TPSA) is 71.4 Å². The fraction of sp³-hybridized carbons (Fsp3) is 0.261. The largest absolute Gasteiger partial charge is 0.350 e. The van der Waals surface area contributed by atoms with E-state index < -0.39 is 0 Å². The molecule has 2 heterocycles. The Bertz CT molecular complexity index is 1120. The summed E-state index contributed by atoms with van der Waals surface area (Å²) in [5.41, 5.74) is 2.17. The van der Waals surface area contributed by atoms with Crippen molar-refractivity contribution in [2.75, 3.05) is 6.54 Å². The Hall–Kier alpha value is -3.41. The average Bonchev–Trinajstić information content (AvgIpc) is 3.26. The molecule has 6 nitrogen and oxygen atoms in total. The Morgan fingerprint density at radius 3 is 2.59 bits per heavy atom. The Morgan fingerprint density at radius 1 is 1.03 bits per heavy atom. The first-order valence-corrected chi connectivity index (χ1v) is 9.85. The van der Waals surface area contributed by atoms with Crippen LogP contribution in [-0.4, -0.2) is 39.8 Å². The van der Waals surface area contributed by atoms with Crippen LogP contribution in [0.5, 0.6) is 0 Å². The Balaban J connectivity index is 1.45. The number of amides is 3. The summed E-state index contributed by atoms with van der Waals surface area (Å²) in [6, 6.07) is 14.7. The van der Waals surface area contributed by atoms with Crippen LogP contribution in [0.2, 0.25) is 0 Å². The van der Waals surface area contributed by atoms with Crippen molar-refractivity contribution in [3.8, 4) is 0 Å². The molecule has 148 valence electrons. The number of aromatic nitrogens is 1. The van der Waals surface area contributed by atoms with Crippen LogP contribution < -0.4 is 5.32 Å². The van der Waals surface area contributed by atoms with E-state index in [0.29, 0.717) is 36.2 Å². The zero-order valence-electron chi connectivity index (χ0n) is 16.5. The number of carbonyl (C=O) groups excluding carboxylic acids is 3. The van der Waals surface area contributed by atoms with Crippen molar-refractivity contribution in [3.05, 3.63) is 71.4 Å². The second kappa shape index (κ2) is 7.54. The lowest BCUT2D eigenvalue weighted by atomic mass is 10.1. The molecule has 1 aliphatic heterocycles. The van der Waals surface area contributed by atoms with Crippen molar-refractivity contribution in [2.45, 2.75) is 32.9 Å². The molecule has 0 saturated carbocycles. The van der Waals surface area contributed by atoms with E-state index in [9.17, 15) is 14.4 Å². The van der Waals surface area contributed by atoms with E-state index in [2.05, 4.69) is 16.0 Å². The van der Waals surface area contributed by atoms with E-state index >= 15 is 0 Å². The van der Waals surface area contributed by atoms with E-state index in [1.54, 1.807) is 12.1 Å². The lowest BCUT2D eigenvalue weighted by Gasteiger charge is -2.20. The van der Waals surface area contributed by atoms with Gasteiger partial charge in [0, 0.05) is 36.4 Å². The van der Waals surface area contributed by atoms with Crippen LogP contribution in [0, 0.1) is 0 Å². The standard InChI is InChI=1S/C23H23N3O3/c1-3-15(2)26-22(28)18-9-8-17(14-19(18)23(26)29)21(27)24-11-13-25-12-10-16-6-4-5-7-20(16)25/h4-10,12,14-15H,3,11,13H2,1-2H3,(H,24,27). The van der Waals surface area contributed by atoms with Gasteiger partial charge in [0.15, 0.2) is 0 Å². The maximum atomic E-state index is 12.6. The quantitative estimate of drug-likeness (QED) is 0.656. The minimum atomic E-state index is -0.326. The molecule has 0 spiro atoms. The molecule has 4 rings (SSSR count). The second-order valence-electron chi connectivity index (χ2n) is 7.32. The molecule has 0 saturated heterocycles.